The standard InChI is InChI=1S/C14H14N2O2/c17-14(18)16-10-8-11-4-6-12(7-5-11)13-3-1-2-9-15-13/h1-7,9,16H,8,10H2,(H,17,18). The molecule has 0 spiro atoms. The van der Waals surface area contributed by atoms with Crippen LogP contribution in [0.25, 0.3) is 11.3 Å². The van der Waals surface area contributed by atoms with E-state index in [1.165, 1.54) is 0 Å². The van der Waals surface area contributed by atoms with Gasteiger partial charge in [-0.05, 0) is 24.1 Å². The fourth-order valence-electron chi connectivity index (χ4n) is 1.69. The molecule has 0 bridgehead atoms. The molecule has 0 radical (unpaired) electrons. The quantitative estimate of drug-likeness (QED) is 0.866. The van der Waals surface area contributed by atoms with E-state index in [2.05, 4.69) is 10.3 Å². The van der Waals surface area contributed by atoms with Gasteiger partial charge < -0.3 is 10.4 Å². The number of hydrogen-bond acceptors (Lipinski definition) is 2. The van der Waals surface area contributed by atoms with Gasteiger partial charge in [-0.2, -0.15) is 0 Å². The number of aromatic nitrogens is 1. The van der Waals surface area contributed by atoms with Crippen molar-refractivity contribution < 1.29 is 9.90 Å². The number of nitrogens with one attached hydrogen (secondary N) is 1. The second-order valence-corrected chi connectivity index (χ2v) is 3.89. The van der Waals surface area contributed by atoms with Gasteiger partial charge in [0.1, 0.15) is 0 Å². The summed E-state index contributed by atoms with van der Waals surface area (Å²) in [5.74, 6) is 0. The predicted molar refractivity (Wildman–Crippen MR) is 69.4 cm³/mol. The van der Waals surface area contributed by atoms with E-state index in [9.17, 15) is 4.79 Å². The Kier molecular flexibility index (Phi) is 3.91. The first-order valence-corrected chi connectivity index (χ1v) is 5.73. The fraction of sp³-hybridized carbons (Fsp3) is 0.143. The normalized spacial score (nSPS) is 10.0. The highest BCUT2D eigenvalue weighted by molar-refractivity contribution is 5.64. The molecule has 0 saturated heterocycles. The Morgan fingerprint density at radius 3 is 2.56 bits per heavy atom. The summed E-state index contributed by atoms with van der Waals surface area (Å²) in [6.07, 6.45) is 1.47. The van der Waals surface area contributed by atoms with E-state index in [1.807, 2.05) is 42.5 Å². The van der Waals surface area contributed by atoms with Crippen LogP contribution in [0.1, 0.15) is 5.56 Å². The number of carbonyl (C=O) groups is 1. The zero-order chi connectivity index (χ0) is 12.8. The van der Waals surface area contributed by atoms with Crippen molar-refractivity contribution in [1.82, 2.24) is 10.3 Å². The van der Waals surface area contributed by atoms with Crippen LogP contribution in [0.3, 0.4) is 0 Å². The number of hydrogen-bond donors (Lipinski definition) is 2. The van der Waals surface area contributed by atoms with Gasteiger partial charge in [0.25, 0.3) is 0 Å². The van der Waals surface area contributed by atoms with Crippen molar-refractivity contribution in [2.45, 2.75) is 6.42 Å². The molecule has 2 rings (SSSR count). The average molecular weight is 242 g/mol. The summed E-state index contributed by atoms with van der Waals surface area (Å²) in [7, 11) is 0. The lowest BCUT2D eigenvalue weighted by atomic mass is 10.1. The summed E-state index contributed by atoms with van der Waals surface area (Å²) < 4.78 is 0. The van der Waals surface area contributed by atoms with Gasteiger partial charge in [-0.15, -0.1) is 0 Å². The summed E-state index contributed by atoms with van der Waals surface area (Å²) in [6, 6.07) is 13.8. The monoisotopic (exact) mass is 242 g/mol. The van der Waals surface area contributed by atoms with Crippen LogP contribution in [0.2, 0.25) is 0 Å². The van der Waals surface area contributed by atoms with E-state index in [1.54, 1.807) is 6.20 Å². The predicted octanol–water partition coefficient (Wildman–Crippen LogP) is 2.56. The summed E-state index contributed by atoms with van der Waals surface area (Å²) in [5, 5.41) is 10.8. The molecule has 92 valence electrons. The number of carboxylic acid groups (broad SMARTS) is 1. The maximum absolute atomic E-state index is 10.3. The highest BCUT2D eigenvalue weighted by atomic mass is 16.4. The molecule has 0 saturated carbocycles. The molecule has 4 nitrogen and oxygen atoms in total. The molecule has 0 aliphatic carbocycles. The van der Waals surface area contributed by atoms with Crippen molar-refractivity contribution in [2.75, 3.05) is 6.54 Å². The molecule has 2 aromatic rings. The van der Waals surface area contributed by atoms with Crippen molar-refractivity contribution in [3.8, 4) is 11.3 Å². The Morgan fingerprint density at radius 2 is 1.94 bits per heavy atom. The average Bonchev–Trinajstić information content (AvgIpc) is 2.40. The van der Waals surface area contributed by atoms with Gasteiger partial charge >= 0.3 is 6.09 Å². The van der Waals surface area contributed by atoms with Gasteiger partial charge in [0.15, 0.2) is 0 Å². The molecule has 4 heteroatoms. The fourth-order valence-corrected chi connectivity index (χ4v) is 1.69. The van der Waals surface area contributed by atoms with Crippen LogP contribution in [0.5, 0.6) is 0 Å². The lowest BCUT2D eigenvalue weighted by Crippen LogP contribution is -2.23. The highest BCUT2D eigenvalue weighted by Crippen LogP contribution is 2.16. The number of nitrogens with zero attached hydrogens (tertiary/aromatic N) is 1. The molecule has 18 heavy (non-hydrogen) atoms. The molecule has 1 aromatic heterocycles. The van der Waals surface area contributed by atoms with Crippen molar-refractivity contribution in [1.29, 1.82) is 0 Å². The van der Waals surface area contributed by atoms with E-state index in [4.69, 9.17) is 5.11 Å². The number of pyridine rings is 1. The largest absolute Gasteiger partial charge is 0.465 e. The topological polar surface area (TPSA) is 62.2 Å². The minimum absolute atomic E-state index is 0.429. The van der Waals surface area contributed by atoms with Gasteiger partial charge in [-0.25, -0.2) is 4.79 Å². The molecular formula is C14H14N2O2. The van der Waals surface area contributed by atoms with E-state index in [0.29, 0.717) is 13.0 Å². The Bertz CT molecular complexity index is 509. The van der Waals surface area contributed by atoms with Crippen LogP contribution in [0.4, 0.5) is 4.79 Å². The Balaban J connectivity index is 2.00. The molecule has 0 aliphatic heterocycles. The molecule has 0 atom stereocenters. The minimum Gasteiger partial charge on any atom is -0.465 e. The third kappa shape index (κ3) is 3.31. The van der Waals surface area contributed by atoms with E-state index in [0.717, 1.165) is 16.8 Å². The second-order valence-electron chi connectivity index (χ2n) is 3.89. The Hall–Kier alpha value is -2.36. The molecule has 0 fully saturated rings. The number of amides is 1. The molecule has 2 N–H and O–H groups in total. The zero-order valence-corrected chi connectivity index (χ0v) is 9.84. The van der Waals surface area contributed by atoms with Crippen LogP contribution in [-0.2, 0) is 6.42 Å². The molecule has 0 unspecified atom stereocenters. The summed E-state index contributed by atoms with van der Waals surface area (Å²) >= 11 is 0. The van der Waals surface area contributed by atoms with Gasteiger partial charge in [-0.1, -0.05) is 30.3 Å². The first-order chi connectivity index (χ1) is 8.75. The van der Waals surface area contributed by atoms with Crippen molar-refractivity contribution in [2.24, 2.45) is 0 Å². The SMILES string of the molecule is O=C(O)NCCc1ccc(-c2ccccn2)cc1. The maximum atomic E-state index is 10.3. The zero-order valence-electron chi connectivity index (χ0n) is 9.84. The Labute approximate surface area is 105 Å². The molecule has 1 aromatic carbocycles. The van der Waals surface area contributed by atoms with Crippen LogP contribution < -0.4 is 5.32 Å². The van der Waals surface area contributed by atoms with Crippen LogP contribution in [0.15, 0.2) is 48.7 Å². The van der Waals surface area contributed by atoms with E-state index in [-0.39, 0.29) is 0 Å². The summed E-state index contributed by atoms with van der Waals surface area (Å²) in [5.41, 5.74) is 3.10. The van der Waals surface area contributed by atoms with Crippen LogP contribution in [-0.4, -0.2) is 22.7 Å². The van der Waals surface area contributed by atoms with Crippen molar-refractivity contribution in [3.05, 3.63) is 54.2 Å². The minimum atomic E-state index is -0.986. The van der Waals surface area contributed by atoms with Crippen LogP contribution >= 0.6 is 0 Å². The Morgan fingerprint density at radius 1 is 1.17 bits per heavy atom. The van der Waals surface area contributed by atoms with Gasteiger partial charge in [0.05, 0.1) is 5.69 Å². The highest BCUT2D eigenvalue weighted by Gasteiger charge is 1.99. The lowest BCUT2D eigenvalue weighted by Gasteiger charge is -2.04. The van der Waals surface area contributed by atoms with Crippen molar-refractivity contribution in [3.63, 3.8) is 0 Å². The van der Waals surface area contributed by atoms with Gasteiger partial charge in [-0.3, -0.25) is 4.98 Å². The summed E-state index contributed by atoms with van der Waals surface area (Å²) in [6.45, 7) is 0.429. The third-order valence-corrected chi connectivity index (χ3v) is 2.60. The third-order valence-electron chi connectivity index (χ3n) is 2.60. The number of rotatable bonds is 4. The molecule has 0 aliphatic rings. The molecule has 1 amide bonds. The first kappa shape index (κ1) is 12.1. The van der Waals surface area contributed by atoms with Crippen molar-refractivity contribution >= 4 is 6.09 Å². The molecular weight excluding hydrogens is 228 g/mol. The number of benzene rings is 1. The summed E-state index contributed by atoms with van der Waals surface area (Å²) in [4.78, 5) is 14.6. The second kappa shape index (κ2) is 5.82. The van der Waals surface area contributed by atoms with Crippen LogP contribution in [0, 0.1) is 0 Å². The smallest absolute Gasteiger partial charge is 0.404 e. The van der Waals surface area contributed by atoms with Gasteiger partial charge in [0.2, 0.25) is 0 Å². The molecule has 1 heterocycles. The maximum Gasteiger partial charge on any atom is 0.404 e. The first-order valence-electron chi connectivity index (χ1n) is 5.73. The lowest BCUT2D eigenvalue weighted by molar-refractivity contribution is 0.194. The van der Waals surface area contributed by atoms with E-state index >= 15 is 0 Å². The van der Waals surface area contributed by atoms with Gasteiger partial charge in [0, 0.05) is 18.3 Å². The van der Waals surface area contributed by atoms with E-state index < -0.39 is 6.09 Å².